The zero-order valence-corrected chi connectivity index (χ0v) is 16.1. The first kappa shape index (κ1) is 19.7. The summed E-state index contributed by atoms with van der Waals surface area (Å²) >= 11 is 0. The average Bonchev–Trinajstić information content (AvgIpc) is 2.91. The van der Waals surface area contributed by atoms with Gasteiger partial charge in [-0.05, 0) is 50.1 Å². The zero-order chi connectivity index (χ0) is 20.4. The van der Waals surface area contributed by atoms with E-state index in [4.69, 9.17) is 15.2 Å². The summed E-state index contributed by atoms with van der Waals surface area (Å²) in [5.41, 5.74) is 7.35. The molecule has 1 unspecified atom stereocenters. The Hall–Kier alpha value is -3.06. The molecule has 1 atom stereocenters. The Bertz CT molecular complexity index is 910. The number of methoxy groups -OCH3 is 1. The Morgan fingerprint density at radius 2 is 1.86 bits per heavy atom. The number of imide groups is 1. The van der Waals surface area contributed by atoms with E-state index in [0.717, 1.165) is 4.90 Å². The van der Waals surface area contributed by atoms with Gasteiger partial charge in [-0.3, -0.25) is 14.5 Å². The van der Waals surface area contributed by atoms with Crippen molar-refractivity contribution in [1.29, 1.82) is 0 Å². The van der Waals surface area contributed by atoms with E-state index < -0.39 is 17.9 Å². The Labute approximate surface area is 163 Å². The zero-order valence-electron chi connectivity index (χ0n) is 16.1. The number of hydrogen-bond donors (Lipinski definition) is 2. The first-order chi connectivity index (χ1) is 13.4. The van der Waals surface area contributed by atoms with Crippen molar-refractivity contribution < 1.29 is 24.2 Å². The van der Waals surface area contributed by atoms with Crippen LogP contribution in [0.3, 0.4) is 0 Å². The topological polar surface area (TPSA) is 102 Å². The maximum atomic E-state index is 13.0. The molecule has 3 N–H and O–H groups in total. The molecule has 0 radical (unpaired) electrons. The number of carbonyl (C=O) groups excluding carboxylic acids is 2. The summed E-state index contributed by atoms with van der Waals surface area (Å²) in [6.45, 7) is 3.59. The van der Waals surface area contributed by atoms with Crippen molar-refractivity contribution in [2.75, 3.05) is 19.5 Å². The van der Waals surface area contributed by atoms with Gasteiger partial charge in [0.25, 0.3) is 11.8 Å². The molecule has 0 fully saturated rings. The largest absolute Gasteiger partial charge is 0.493 e. The summed E-state index contributed by atoms with van der Waals surface area (Å²) in [6, 6.07) is 9.40. The molecule has 0 spiro atoms. The Balaban J connectivity index is 2.05. The Morgan fingerprint density at radius 3 is 2.46 bits per heavy atom. The smallest absolute Gasteiger partial charge is 0.264 e. The van der Waals surface area contributed by atoms with Gasteiger partial charge >= 0.3 is 0 Å². The predicted octanol–water partition coefficient (Wildman–Crippen LogP) is 2.78. The third-order valence-electron chi connectivity index (χ3n) is 4.63. The highest BCUT2D eigenvalue weighted by molar-refractivity contribution is 6.23. The average molecular weight is 384 g/mol. The number of rotatable bonds is 7. The lowest BCUT2D eigenvalue weighted by Gasteiger charge is -2.27. The Kier molecular flexibility index (Phi) is 5.56. The van der Waals surface area contributed by atoms with E-state index >= 15 is 0 Å². The summed E-state index contributed by atoms with van der Waals surface area (Å²) in [5, 5.41) is 9.59. The highest BCUT2D eigenvalue weighted by Gasteiger charge is 2.41. The molecule has 2 aromatic rings. The van der Waals surface area contributed by atoms with Gasteiger partial charge in [-0.2, -0.15) is 0 Å². The van der Waals surface area contributed by atoms with Crippen LogP contribution in [0.25, 0.3) is 0 Å². The number of carbonyl (C=O) groups is 2. The van der Waals surface area contributed by atoms with Crippen LogP contribution in [0.5, 0.6) is 11.5 Å². The van der Waals surface area contributed by atoms with E-state index in [1.54, 1.807) is 43.5 Å². The maximum absolute atomic E-state index is 13.0. The number of amides is 2. The SMILES string of the molecule is COc1ccc(C(CCO)N2C(=O)c3cccc(N)c3C2=O)cc1OC(C)C. The molecule has 148 valence electrons. The standard InChI is InChI=1S/C21H24N2O5/c1-12(2)28-18-11-13(7-8-17(18)27-3)16(9-10-24)23-20(25)14-5-4-6-15(22)19(14)21(23)26/h4-8,11-12,16,24H,9-10,22H2,1-3H3. The van der Waals surface area contributed by atoms with Crippen LogP contribution in [0.1, 0.15) is 52.6 Å². The van der Waals surface area contributed by atoms with Crippen LogP contribution in [0.4, 0.5) is 5.69 Å². The number of anilines is 1. The highest BCUT2D eigenvalue weighted by Crippen LogP contribution is 2.38. The molecule has 0 bridgehead atoms. The van der Waals surface area contributed by atoms with Gasteiger partial charge in [0.1, 0.15) is 0 Å². The number of ether oxygens (including phenoxy) is 2. The van der Waals surface area contributed by atoms with Crippen molar-refractivity contribution in [1.82, 2.24) is 4.90 Å². The lowest BCUT2D eigenvalue weighted by Crippen LogP contribution is -2.34. The van der Waals surface area contributed by atoms with Crippen LogP contribution in [-0.4, -0.2) is 41.6 Å². The monoisotopic (exact) mass is 384 g/mol. The van der Waals surface area contributed by atoms with Gasteiger partial charge in [0.2, 0.25) is 0 Å². The molecule has 0 aromatic heterocycles. The fourth-order valence-electron chi connectivity index (χ4n) is 3.43. The quantitative estimate of drug-likeness (QED) is 0.562. The van der Waals surface area contributed by atoms with E-state index in [2.05, 4.69) is 0 Å². The molecule has 1 aliphatic rings. The number of aliphatic hydroxyl groups is 1. The van der Waals surface area contributed by atoms with E-state index in [9.17, 15) is 14.7 Å². The van der Waals surface area contributed by atoms with E-state index in [0.29, 0.717) is 17.1 Å². The van der Waals surface area contributed by atoms with E-state index in [-0.39, 0.29) is 35.9 Å². The second-order valence-electron chi connectivity index (χ2n) is 6.86. The molecule has 7 nitrogen and oxygen atoms in total. The molecule has 3 rings (SSSR count). The number of benzene rings is 2. The minimum absolute atomic E-state index is 0.0838. The lowest BCUT2D eigenvalue weighted by atomic mass is 10.0. The number of nitrogen functional groups attached to an aromatic ring is 1. The summed E-state index contributed by atoms with van der Waals surface area (Å²) in [7, 11) is 1.54. The molecule has 0 saturated carbocycles. The number of nitrogens with two attached hydrogens (primary N) is 1. The van der Waals surface area contributed by atoms with Gasteiger partial charge in [0.05, 0.1) is 30.4 Å². The van der Waals surface area contributed by atoms with Crippen LogP contribution in [0, 0.1) is 0 Å². The number of nitrogens with zero attached hydrogens (tertiary/aromatic N) is 1. The second kappa shape index (κ2) is 7.90. The summed E-state index contributed by atoms with van der Waals surface area (Å²) in [5.74, 6) is 0.174. The van der Waals surface area contributed by atoms with Crippen molar-refractivity contribution in [2.45, 2.75) is 32.4 Å². The molecular formula is C21H24N2O5. The minimum atomic E-state index is -0.655. The van der Waals surface area contributed by atoms with Gasteiger partial charge in [0.15, 0.2) is 11.5 Å². The molecule has 7 heteroatoms. The maximum Gasteiger partial charge on any atom is 0.264 e. The summed E-state index contributed by atoms with van der Waals surface area (Å²) in [4.78, 5) is 27.1. The van der Waals surface area contributed by atoms with Gasteiger partial charge in [-0.25, -0.2) is 0 Å². The minimum Gasteiger partial charge on any atom is -0.493 e. The first-order valence-electron chi connectivity index (χ1n) is 9.10. The van der Waals surface area contributed by atoms with E-state index in [1.807, 2.05) is 13.8 Å². The van der Waals surface area contributed by atoms with Crippen molar-refractivity contribution in [3.63, 3.8) is 0 Å². The van der Waals surface area contributed by atoms with E-state index in [1.165, 1.54) is 0 Å². The number of hydrogen-bond acceptors (Lipinski definition) is 6. The predicted molar refractivity (Wildman–Crippen MR) is 105 cm³/mol. The van der Waals surface area contributed by atoms with Crippen LogP contribution in [0.15, 0.2) is 36.4 Å². The third kappa shape index (κ3) is 3.41. The fourth-order valence-corrected chi connectivity index (χ4v) is 3.43. The summed E-state index contributed by atoms with van der Waals surface area (Å²) < 4.78 is 11.1. The molecule has 28 heavy (non-hydrogen) atoms. The molecular weight excluding hydrogens is 360 g/mol. The number of aliphatic hydroxyl groups excluding tert-OH is 1. The molecule has 0 aliphatic carbocycles. The van der Waals surface area contributed by atoms with Crippen molar-refractivity contribution in [2.24, 2.45) is 0 Å². The van der Waals surface area contributed by atoms with Crippen LogP contribution >= 0.6 is 0 Å². The molecule has 0 saturated heterocycles. The molecule has 2 aromatic carbocycles. The third-order valence-corrected chi connectivity index (χ3v) is 4.63. The number of fused-ring (bicyclic) bond motifs is 1. The van der Waals surface area contributed by atoms with Crippen LogP contribution < -0.4 is 15.2 Å². The summed E-state index contributed by atoms with van der Waals surface area (Å²) in [6.07, 6.45) is 0.110. The molecule has 1 aliphatic heterocycles. The molecule has 2 amide bonds. The first-order valence-corrected chi connectivity index (χ1v) is 9.10. The highest BCUT2D eigenvalue weighted by atomic mass is 16.5. The fraction of sp³-hybridized carbons (Fsp3) is 0.333. The van der Waals surface area contributed by atoms with Gasteiger partial charge in [0, 0.05) is 12.3 Å². The van der Waals surface area contributed by atoms with Crippen molar-refractivity contribution in [3.05, 3.63) is 53.1 Å². The molecule has 1 heterocycles. The van der Waals surface area contributed by atoms with Gasteiger partial charge in [-0.1, -0.05) is 12.1 Å². The van der Waals surface area contributed by atoms with Crippen LogP contribution in [0.2, 0.25) is 0 Å². The van der Waals surface area contributed by atoms with Crippen molar-refractivity contribution in [3.8, 4) is 11.5 Å². The second-order valence-corrected chi connectivity index (χ2v) is 6.86. The Morgan fingerprint density at radius 1 is 1.11 bits per heavy atom. The lowest BCUT2D eigenvalue weighted by molar-refractivity contribution is 0.0558. The normalized spacial score (nSPS) is 14.4. The van der Waals surface area contributed by atoms with Crippen molar-refractivity contribution >= 4 is 17.5 Å². The van der Waals surface area contributed by atoms with Gasteiger partial charge in [-0.15, -0.1) is 0 Å². The van der Waals surface area contributed by atoms with Crippen LogP contribution in [-0.2, 0) is 0 Å². The van der Waals surface area contributed by atoms with Gasteiger partial charge < -0.3 is 20.3 Å².